The molecule has 0 aliphatic heterocycles. The van der Waals surface area contributed by atoms with E-state index >= 15 is 0 Å². The van der Waals surface area contributed by atoms with Gasteiger partial charge in [0.05, 0.1) is 24.7 Å². The molecule has 2 rings (SSSR count). The zero-order valence-corrected chi connectivity index (χ0v) is 13.6. The molecule has 0 aliphatic carbocycles. The standard InChI is InChI=1S/C16H16BrN3O2/c1-3-22-16(21)12-9-10-15(14(17)11-12)18-19-20(2)13-7-5-4-6-8-13/h4-11H,3H2,1-2H3/i4D,5D,6D,7D,8D. The van der Waals surface area contributed by atoms with Gasteiger partial charge in [-0.3, -0.25) is 0 Å². The summed E-state index contributed by atoms with van der Waals surface area (Å²) in [6.45, 7) is 1.98. The van der Waals surface area contributed by atoms with E-state index in [1.54, 1.807) is 13.0 Å². The third-order valence-corrected chi connectivity index (χ3v) is 3.19. The fourth-order valence-corrected chi connectivity index (χ4v) is 1.95. The molecule has 22 heavy (non-hydrogen) atoms. The van der Waals surface area contributed by atoms with Crippen LogP contribution in [0.5, 0.6) is 0 Å². The Morgan fingerprint density at radius 3 is 2.73 bits per heavy atom. The van der Waals surface area contributed by atoms with E-state index in [-0.39, 0.29) is 24.4 Å². The lowest BCUT2D eigenvalue weighted by Gasteiger charge is -2.10. The maximum absolute atomic E-state index is 11.7. The summed E-state index contributed by atoms with van der Waals surface area (Å²) in [5.74, 6) is -0.460. The zero-order chi connectivity index (χ0) is 20.3. The monoisotopic (exact) mass is 366 g/mol. The van der Waals surface area contributed by atoms with Crippen molar-refractivity contribution in [2.75, 3.05) is 18.7 Å². The van der Waals surface area contributed by atoms with Crippen LogP contribution in [0.4, 0.5) is 11.4 Å². The Morgan fingerprint density at radius 1 is 1.36 bits per heavy atom. The number of carbonyl (C=O) groups excluding carboxylic acids is 1. The summed E-state index contributed by atoms with van der Waals surface area (Å²) in [6, 6.07) is 2.49. The van der Waals surface area contributed by atoms with E-state index in [0.29, 0.717) is 15.7 Å². The van der Waals surface area contributed by atoms with E-state index in [9.17, 15) is 4.79 Å². The lowest BCUT2D eigenvalue weighted by atomic mass is 10.2. The second kappa shape index (κ2) is 7.70. The summed E-state index contributed by atoms with van der Waals surface area (Å²) >= 11 is 3.30. The van der Waals surface area contributed by atoms with E-state index in [0.717, 1.165) is 5.01 Å². The third kappa shape index (κ3) is 4.14. The number of benzene rings is 2. The minimum absolute atomic E-state index is 0.0935. The first kappa shape index (κ1) is 10.5. The molecule has 0 atom stereocenters. The van der Waals surface area contributed by atoms with Crippen LogP contribution in [-0.2, 0) is 4.74 Å². The largest absolute Gasteiger partial charge is 0.462 e. The molecule has 0 bridgehead atoms. The lowest BCUT2D eigenvalue weighted by Crippen LogP contribution is -2.06. The number of hydrogen-bond acceptors (Lipinski definition) is 4. The zero-order valence-electron chi connectivity index (χ0n) is 17.0. The van der Waals surface area contributed by atoms with E-state index in [1.165, 1.54) is 19.2 Å². The van der Waals surface area contributed by atoms with Crippen LogP contribution in [0.25, 0.3) is 0 Å². The van der Waals surface area contributed by atoms with Crippen LogP contribution in [0.3, 0.4) is 0 Å². The number of carbonyl (C=O) groups is 1. The molecule has 2 aromatic rings. The number of halogens is 1. The molecule has 5 nitrogen and oxygen atoms in total. The van der Waals surface area contributed by atoms with Crippen LogP contribution in [0.1, 0.15) is 24.1 Å². The SMILES string of the molecule is [2H]c1c([2H])c([2H])c(N(C)N=Nc2ccc(C(=O)OCC)cc2Br)c([2H])c1[2H]. The first-order valence-corrected chi connectivity index (χ1v) is 7.17. The minimum Gasteiger partial charge on any atom is -0.462 e. The van der Waals surface area contributed by atoms with E-state index in [1.807, 2.05) is 0 Å². The van der Waals surface area contributed by atoms with Gasteiger partial charge in [0, 0.05) is 11.5 Å². The Morgan fingerprint density at radius 2 is 2.09 bits per heavy atom. The lowest BCUT2D eigenvalue weighted by molar-refractivity contribution is 0.0526. The average molecular weight is 367 g/mol. The highest BCUT2D eigenvalue weighted by Gasteiger charge is 2.09. The van der Waals surface area contributed by atoms with Gasteiger partial charge < -0.3 is 4.74 Å². The van der Waals surface area contributed by atoms with Crippen LogP contribution < -0.4 is 5.01 Å². The van der Waals surface area contributed by atoms with Crippen molar-refractivity contribution in [3.8, 4) is 0 Å². The van der Waals surface area contributed by atoms with Gasteiger partial charge in [0.15, 0.2) is 0 Å². The van der Waals surface area contributed by atoms with Crippen molar-refractivity contribution in [1.82, 2.24) is 0 Å². The van der Waals surface area contributed by atoms with E-state index in [4.69, 9.17) is 11.6 Å². The molecular weight excluding hydrogens is 346 g/mol. The van der Waals surface area contributed by atoms with Gasteiger partial charge in [-0.1, -0.05) is 23.4 Å². The first-order valence-electron chi connectivity index (χ1n) is 8.88. The summed E-state index contributed by atoms with van der Waals surface area (Å²) in [6.07, 6.45) is 0. The molecule has 2 aromatic carbocycles. The maximum atomic E-state index is 11.7. The molecule has 0 spiro atoms. The first-order chi connectivity index (χ1) is 12.7. The van der Waals surface area contributed by atoms with Crippen molar-refractivity contribution in [2.45, 2.75) is 6.92 Å². The van der Waals surface area contributed by atoms with Crippen LogP contribution in [0.15, 0.2) is 63.2 Å². The van der Waals surface area contributed by atoms with Gasteiger partial charge in [-0.2, -0.15) is 0 Å². The maximum Gasteiger partial charge on any atom is 0.338 e. The van der Waals surface area contributed by atoms with Gasteiger partial charge in [0.1, 0.15) is 5.69 Å². The summed E-state index contributed by atoms with van der Waals surface area (Å²) in [5, 5.41) is 9.03. The molecular formula is C16H16BrN3O2. The molecule has 0 saturated heterocycles. The molecule has 0 aliphatic rings. The summed E-state index contributed by atoms with van der Waals surface area (Å²) in [7, 11) is 1.43. The van der Waals surface area contributed by atoms with Crippen molar-refractivity contribution in [1.29, 1.82) is 0 Å². The number of nitrogens with zero attached hydrogens (tertiary/aromatic N) is 3. The van der Waals surface area contributed by atoms with Crippen molar-refractivity contribution < 1.29 is 16.4 Å². The summed E-state index contributed by atoms with van der Waals surface area (Å²) < 4.78 is 44.3. The molecule has 0 radical (unpaired) electrons. The second-order valence-corrected chi connectivity index (χ2v) is 4.93. The molecule has 0 aromatic heterocycles. The van der Waals surface area contributed by atoms with Gasteiger partial charge in [-0.05, 0) is 53.1 Å². The number of ether oxygens (including phenoxy) is 1. The van der Waals surface area contributed by atoms with Gasteiger partial charge in [-0.25, -0.2) is 9.80 Å². The minimum atomic E-state index is -0.476. The van der Waals surface area contributed by atoms with Crippen molar-refractivity contribution in [2.24, 2.45) is 10.3 Å². The Hall–Kier alpha value is -2.21. The number of para-hydroxylation sites is 1. The Labute approximate surface area is 144 Å². The molecule has 0 amide bonds. The molecule has 6 heteroatoms. The topological polar surface area (TPSA) is 54.3 Å². The molecule has 114 valence electrons. The Bertz CT molecular complexity index is 894. The third-order valence-electron chi connectivity index (χ3n) is 2.56. The molecule has 0 heterocycles. The van der Waals surface area contributed by atoms with Gasteiger partial charge >= 0.3 is 5.97 Å². The summed E-state index contributed by atoms with van der Waals surface area (Å²) in [4.78, 5) is 11.7. The van der Waals surface area contributed by atoms with Crippen LogP contribution >= 0.6 is 15.9 Å². The fourth-order valence-electron chi connectivity index (χ4n) is 1.49. The smallest absolute Gasteiger partial charge is 0.338 e. The summed E-state index contributed by atoms with van der Waals surface area (Å²) in [5.41, 5.74) is 0.646. The molecule has 0 fully saturated rings. The van der Waals surface area contributed by atoms with Crippen molar-refractivity contribution >= 4 is 33.3 Å². The highest BCUT2D eigenvalue weighted by atomic mass is 79.9. The number of esters is 1. The van der Waals surface area contributed by atoms with Crippen LogP contribution in [-0.4, -0.2) is 19.6 Å². The number of anilines is 1. The fraction of sp³-hybridized carbons (Fsp3) is 0.188. The number of hydrogen-bond donors (Lipinski definition) is 0. The van der Waals surface area contributed by atoms with Gasteiger partial charge in [-0.15, -0.1) is 5.11 Å². The quantitative estimate of drug-likeness (QED) is 0.435. The average Bonchev–Trinajstić information content (AvgIpc) is 2.64. The Kier molecular flexibility index (Phi) is 3.68. The highest BCUT2D eigenvalue weighted by molar-refractivity contribution is 9.10. The van der Waals surface area contributed by atoms with Gasteiger partial charge in [0.25, 0.3) is 0 Å². The van der Waals surface area contributed by atoms with Crippen LogP contribution in [0.2, 0.25) is 0 Å². The second-order valence-electron chi connectivity index (χ2n) is 4.07. The number of rotatable bonds is 5. The molecule has 0 N–H and O–H groups in total. The van der Waals surface area contributed by atoms with Crippen molar-refractivity contribution in [3.05, 3.63) is 58.4 Å². The molecule has 0 unspecified atom stereocenters. The van der Waals surface area contributed by atoms with Crippen LogP contribution in [0, 0.1) is 0 Å². The van der Waals surface area contributed by atoms with E-state index in [2.05, 4.69) is 26.3 Å². The van der Waals surface area contributed by atoms with Gasteiger partial charge in [0.2, 0.25) is 0 Å². The normalized spacial score (nSPS) is 13.9. The Balaban J connectivity index is 2.33. The van der Waals surface area contributed by atoms with Crippen molar-refractivity contribution in [3.63, 3.8) is 0 Å². The predicted molar refractivity (Wildman–Crippen MR) is 89.5 cm³/mol. The molecule has 0 saturated carbocycles. The van der Waals surface area contributed by atoms with E-state index < -0.39 is 24.1 Å². The predicted octanol–water partition coefficient (Wildman–Crippen LogP) is 4.76. The highest BCUT2D eigenvalue weighted by Crippen LogP contribution is 2.27.